The van der Waals surface area contributed by atoms with Gasteiger partial charge < -0.3 is 10.4 Å². The molecule has 1 saturated carbocycles. The van der Waals surface area contributed by atoms with Gasteiger partial charge in [0.2, 0.25) is 0 Å². The molecule has 19 heavy (non-hydrogen) atoms. The Balaban J connectivity index is 1.83. The SMILES string of the molecule is O=C1Nc2cc(SC3CCCCC3)c(F)cc2C1O. The number of rotatable bonds is 2. The van der Waals surface area contributed by atoms with E-state index in [0.717, 1.165) is 12.8 Å². The van der Waals surface area contributed by atoms with Gasteiger partial charge in [-0.3, -0.25) is 4.79 Å². The van der Waals surface area contributed by atoms with E-state index in [1.807, 2.05) is 0 Å². The van der Waals surface area contributed by atoms with Crippen LogP contribution in [0.3, 0.4) is 0 Å². The summed E-state index contributed by atoms with van der Waals surface area (Å²) in [5.74, 6) is -0.820. The topological polar surface area (TPSA) is 49.3 Å². The Labute approximate surface area is 115 Å². The van der Waals surface area contributed by atoms with Gasteiger partial charge >= 0.3 is 0 Å². The molecule has 5 heteroatoms. The fourth-order valence-corrected chi connectivity index (χ4v) is 3.98. The van der Waals surface area contributed by atoms with Crippen molar-refractivity contribution < 1.29 is 14.3 Å². The van der Waals surface area contributed by atoms with Gasteiger partial charge in [-0.25, -0.2) is 4.39 Å². The number of carbonyl (C=O) groups excluding carboxylic acids is 1. The average Bonchev–Trinajstić information content (AvgIpc) is 2.67. The Bertz CT molecular complexity index is 514. The van der Waals surface area contributed by atoms with Gasteiger partial charge in [0.05, 0.1) is 0 Å². The van der Waals surface area contributed by atoms with Gasteiger partial charge in [-0.05, 0) is 25.0 Å². The second-order valence-corrected chi connectivity index (χ2v) is 6.48. The molecule has 3 rings (SSSR count). The summed E-state index contributed by atoms with van der Waals surface area (Å²) in [6.07, 6.45) is 4.69. The summed E-state index contributed by atoms with van der Waals surface area (Å²) in [5.41, 5.74) is 0.882. The van der Waals surface area contributed by atoms with E-state index < -0.39 is 12.0 Å². The number of thioether (sulfide) groups is 1. The second kappa shape index (κ2) is 5.13. The van der Waals surface area contributed by atoms with Crippen LogP contribution in [0.2, 0.25) is 0 Å². The fraction of sp³-hybridized carbons (Fsp3) is 0.500. The zero-order chi connectivity index (χ0) is 13.4. The third-order valence-corrected chi connectivity index (χ3v) is 5.12. The minimum absolute atomic E-state index is 0.343. The normalized spacial score (nSPS) is 23.3. The number of nitrogens with one attached hydrogen (secondary N) is 1. The number of hydrogen-bond acceptors (Lipinski definition) is 3. The standard InChI is InChI=1S/C14H16FNO2S/c15-10-6-9-11(16-14(18)13(9)17)7-12(10)19-8-4-2-1-3-5-8/h6-8,13,17H,1-5H2,(H,16,18). The van der Waals surface area contributed by atoms with Crippen LogP contribution in [-0.4, -0.2) is 16.3 Å². The van der Waals surface area contributed by atoms with Crippen LogP contribution in [0, 0.1) is 5.82 Å². The summed E-state index contributed by atoms with van der Waals surface area (Å²) in [4.78, 5) is 11.9. The molecule has 3 nitrogen and oxygen atoms in total. The van der Waals surface area contributed by atoms with Gasteiger partial charge in [0.1, 0.15) is 5.82 Å². The maximum Gasteiger partial charge on any atom is 0.257 e. The van der Waals surface area contributed by atoms with Gasteiger partial charge in [-0.2, -0.15) is 0 Å². The first kappa shape index (κ1) is 12.9. The number of anilines is 1. The molecule has 102 valence electrons. The summed E-state index contributed by atoms with van der Waals surface area (Å²) in [5, 5.41) is 12.6. The number of aliphatic hydroxyl groups excluding tert-OH is 1. The zero-order valence-corrected chi connectivity index (χ0v) is 11.3. The van der Waals surface area contributed by atoms with Crippen molar-refractivity contribution in [3.05, 3.63) is 23.5 Å². The van der Waals surface area contributed by atoms with Gasteiger partial charge in [0.15, 0.2) is 6.10 Å². The predicted molar refractivity (Wildman–Crippen MR) is 72.7 cm³/mol. The van der Waals surface area contributed by atoms with E-state index in [9.17, 15) is 14.3 Å². The van der Waals surface area contributed by atoms with Crippen molar-refractivity contribution in [1.29, 1.82) is 0 Å². The molecule has 0 aromatic heterocycles. The van der Waals surface area contributed by atoms with Gasteiger partial charge in [-0.1, -0.05) is 19.3 Å². The number of aliphatic hydroxyl groups is 1. The Hall–Kier alpha value is -1.07. The molecular formula is C14H16FNO2S. The van der Waals surface area contributed by atoms with E-state index in [4.69, 9.17) is 0 Å². The quantitative estimate of drug-likeness (QED) is 0.875. The Morgan fingerprint density at radius 3 is 2.74 bits per heavy atom. The third kappa shape index (κ3) is 2.49. The largest absolute Gasteiger partial charge is 0.378 e. The van der Waals surface area contributed by atoms with Crippen molar-refractivity contribution >= 4 is 23.4 Å². The molecule has 1 aromatic rings. The van der Waals surface area contributed by atoms with Crippen LogP contribution < -0.4 is 5.32 Å². The number of halogens is 1. The van der Waals surface area contributed by atoms with Gasteiger partial charge in [0, 0.05) is 21.4 Å². The van der Waals surface area contributed by atoms with Gasteiger partial charge in [0.25, 0.3) is 5.91 Å². The van der Waals surface area contributed by atoms with Crippen LogP contribution in [0.25, 0.3) is 0 Å². The fourth-order valence-electron chi connectivity index (χ4n) is 2.70. The number of hydrogen-bond donors (Lipinski definition) is 2. The predicted octanol–water partition coefficient (Wildman–Crippen LogP) is 3.24. The number of benzene rings is 1. The Morgan fingerprint density at radius 1 is 1.26 bits per heavy atom. The molecule has 1 amide bonds. The summed E-state index contributed by atoms with van der Waals surface area (Å²) in [6, 6.07) is 2.93. The van der Waals surface area contributed by atoms with Crippen molar-refractivity contribution in [3.63, 3.8) is 0 Å². The maximum atomic E-state index is 14.0. The molecule has 0 radical (unpaired) electrons. The molecule has 0 spiro atoms. The molecule has 1 aliphatic heterocycles. The average molecular weight is 281 g/mol. The van der Waals surface area contributed by atoms with Crippen LogP contribution in [0.1, 0.15) is 43.8 Å². The maximum absolute atomic E-state index is 14.0. The lowest BCUT2D eigenvalue weighted by atomic mass is 10.0. The highest BCUT2D eigenvalue weighted by atomic mass is 32.2. The Kier molecular flexibility index (Phi) is 3.50. The van der Waals surface area contributed by atoms with Crippen molar-refractivity contribution in [2.24, 2.45) is 0 Å². The molecule has 1 fully saturated rings. The molecule has 0 bridgehead atoms. The lowest BCUT2D eigenvalue weighted by Crippen LogP contribution is -2.10. The second-order valence-electron chi connectivity index (χ2n) is 5.14. The molecule has 2 aliphatic rings. The summed E-state index contributed by atoms with van der Waals surface area (Å²) >= 11 is 1.55. The van der Waals surface area contributed by atoms with E-state index in [1.165, 1.54) is 25.3 Å². The molecule has 1 unspecified atom stereocenters. The van der Waals surface area contributed by atoms with Crippen LogP contribution in [0.4, 0.5) is 10.1 Å². The minimum Gasteiger partial charge on any atom is -0.378 e. The lowest BCUT2D eigenvalue weighted by molar-refractivity contribution is -0.123. The first-order chi connectivity index (χ1) is 9.15. The molecule has 1 heterocycles. The third-order valence-electron chi connectivity index (χ3n) is 3.75. The monoisotopic (exact) mass is 281 g/mol. The van der Waals surface area contributed by atoms with Crippen molar-refractivity contribution in [1.82, 2.24) is 0 Å². The lowest BCUT2D eigenvalue weighted by Gasteiger charge is -2.21. The van der Waals surface area contributed by atoms with Crippen LogP contribution in [-0.2, 0) is 4.79 Å². The molecule has 0 saturated heterocycles. The molecule has 1 aliphatic carbocycles. The van der Waals surface area contributed by atoms with Crippen molar-refractivity contribution in [2.75, 3.05) is 5.32 Å². The van der Waals surface area contributed by atoms with E-state index in [-0.39, 0.29) is 5.82 Å². The molecule has 1 aromatic carbocycles. The first-order valence-corrected chi connectivity index (χ1v) is 7.52. The van der Waals surface area contributed by atoms with E-state index >= 15 is 0 Å². The van der Waals surface area contributed by atoms with Gasteiger partial charge in [-0.15, -0.1) is 11.8 Å². The zero-order valence-electron chi connectivity index (χ0n) is 10.5. The van der Waals surface area contributed by atoms with Crippen LogP contribution in [0.15, 0.2) is 17.0 Å². The molecule has 2 N–H and O–H groups in total. The van der Waals surface area contributed by atoms with E-state index in [1.54, 1.807) is 17.8 Å². The first-order valence-electron chi connectivity index (χ1n) is 6.64. The van der Waals surface area contributed by atoms with Crippen molar-refractivity contribution in [3.8, 4) is 0 Å². The molecule has 1 atom stereocenters. The van der Waals surface area contributed by atoms with Crippen molar-refractivity contribution in [2.45, 2.75) is 48.4 Å². The summed E-state index contributed by atoms with van der Waals surface area (Å²) in [6.45, 7) is 0. The highest BCUT2D eigenvalue weighted by Gasteiger charge is 2.30. The van der Waals surface area contributed by atoms with Crippen LogP contribution >= 0.6 is 11.8 Å². The van der Waals surface area contributed by atoms with E-state index in [2.05, 4.69) is 5.32 Å². The Morgan fingerprint density at radius 2 is 2.00 bits per heavy atom. The number of fused-ring (bicyclic) bond motifs is 1. The number of amides is 1. The highest BCUT2D eigenvalue weighted by molar-refractivity contribution is 8.00. The summed E-state index contributed by atoms with van der Waals surface area (Å²) in [7, 11) is 0. The number of carbonyl (C=O) groups is 1. The molecular weight excluding hydrogens is 265 g/mol. The minimum atomic E-state index is -1.24. The van der Waals surface area contributed by atoms with E-state index in [0.29, 0.717) is 21.4 Å². The highest BCUT2D eigenvalue weighted by Crippen LogP contribution is 2.40. The smallest absolute Gasteiger partial charge is 0.257 e. The summed E-state index contributed by atoms with van der Waals surface area (Å²) < 4.78 is 14.0. The van der Waals surface area contributed by atoms with Crippen LogP contribution in [0.5, 0.6) is 0 Å².